The third kappa shape index (κ3) is 7.76. The van der Waals surface area contributed by atoms with Gasteiger partial charge in [0.1, 0.15) is 33.1 Å². The number of nitrogens with one attached hydrogen (secondary N) is 2. The highest BCUT2D eigenvalue weighted by Crippen LogP contribution is 2.20. The molecule has 13 nitrogen and oxygen atoms in total. The van der Waals surface area contributed by atoms with E-state index in [0.29, 0.717) is 17.8 Å². The van der Waals surface area contributed by atoms with Crippen LogP contribution in [0.5, 0.6) is 0 Å². The van der Waals surface area contributed by atoms with Crippen LogP contribution in [-0.2, 0) is 9.47 Å². The van der Waals surface area contributed by atoms with Crippen LogP contribution in [0.2, 0.25) is 10.3 Å². The first-order valence-corrected chi connectivity index (χ1v) is 11.9. The molecule has 0 fully saturated rings. The third-order valence-electron chi connectivity index (χ3n) is 4.18. The average Bonchev–Trinajstić information content (AvgIpc) is 3.38. The maximum absolute atomic E-state index is 11.8. The minimum absolute atomic E-state index is 0.132. The Morgan fingerprint density at radius 3 is 1.92 bits per heavy atom. The standard InChI is InChI=1S/C12H13ClN4O3.C11H13ClN4O2/c1-12(2,3)20-11(19)16-9-4-8(13)15-10-7(6-18)5-14-17(9)10;1-11(2,3)18-10(17)15-9-6-7(12)14-8-4-5-13-16(8)9/h4-6H,1-3H3,(H,16,19);4-6H,1-3H3,(H,15,17). The van der Waals surface area contributed by atoms with Crippen molar-refractivity contribution in [3.63, 3.8) is 0 Å². The Labute approximate surface area is 227 Å². The molecule has 0 aromatic carbocycles. The number of ether oxygens (including phenoxy) is 2. The van der Waals surface area contributed by atoms with Crippen LogP contribution < -0.4 is 10.6 Å². The van der Waals surface area contributed by atoms with Crippen LogP contribution in [0.4, 0.5) is 21.2 Å². The zero-order valence-corrected chi connectivity index (χ0v) is 23.0. The maximum Gasteiger partial charge on any atom is 0.413 e. The molecule has 0 saturated carbocycles. The molecule has 38 heavy (non-hydrogen) atoms. The van der Waals surface area contributed by atoms with Gasteiger partial charge in [-0.15, -0.1) is 0 Å². The van der Waals surface area contributed by atoms with Gasteiger partial charge in [0.15, 0.2) is 17.6 Å². The number of rotatable bonds is 3. The first kappa shape index (κ1) is 28.6. The van der Waals surface area contributed by atoms with Crippen molar-refractivity contribution < 1.29 is 23.9 Å². The third-order valence-corrected chi connectivity index (χ3v) is 4.57. The van der Waals surface area contributed by atoms with E-state index in [1.54, 1.807) is 53.8 Å². The minimum Gasteiger partial charge on any atom is -0.444 e. The van der Waals surface area contributed by atoms with E-state index >= 15 is 0 Å². The molecule has 0 bridgehead atoms. The lowest BCUT2D eigenvalue weighted by Gasteiger charge is -2.19. The Morgan fingerprint density at radius 2 is 1.39 bits per heavy atom. The highest BCUT2D eigenvalue weighted by atomic mass is 35.5. The van der Waals surface area contributed by atoms with E-state index in [0.717, 1.165) is 0 Å². The van der Waals surface area contributed by atoms with Crippen LogP contribution in [0.15, 0.2) is 30.6 Å². The second-order valence-electron chi connectivity index (χ2n) is 9.74. The van der Waals surface area contributed by atoms with Gasteiger partial charge in [0.25, 0.3) is 0 Å². The molecule has 0 spiro atoms. The first-order chi connectivity index (χ1) is 17.6. The van der Waals surface area contributed by atoms with Crippen molar-refractivity contribution in [2.45, 2.75) is 52.7 Å². The number of carbonyl (C=O) groups is 3. The summed E-state index contributed by atoms with van der Waals surface area (Å²) in [6.45, 7) is 10.6. The van der Waals surface area contributed by atoms with E-state index in [9.17, 15) is 14.4 Å². The molecule has 4 aromatic heterocycles. The summed E-state index contributed by atoms with van der Waals surface area (Å²) in [4.78, 5) is 42.3. The molecule has 202 valence electrons. The number of anilines is 2. The van der Waals surface area contributed by atoms with Crippen LogP contribution in [-0.4, -0.2) is 58.9 Å². The Hall–Kier alpha value is -3.97. The number of hydrogen-bond donors (Lipinski definition) is 2. The molecule has 0 unspecified atom stereocenters. The fraction of sp³-hybridized carbons (Fsp3) is 0.348. The lowest BCUT2D eigenvalue weighted by atomic mass is 10.2. The summed E-state index contributed by atoms with van der Waals surface area (Å²) >= 11 is 11.7. The largest absolute Gasteiger partial charge is 0.444 e. The fourth-order valence-corrected chi connectivity index (χ4v) is 3.28. The molecule has 0 saturated heterocycles. The molecule has 0 atom stereocenters. The summed E-state index contributed by atoms with van der Waals surface area (Å²) in [5.41, 5.74) is -0.103. The number of hydrogen-bond acceptors (Lipinski definition) is 9. The van der Waals surface area contributed by atoms with Gasteiger partial charge in [-0.05, 0) is 41.5 Å². The number of fused-ring (bicyclic) bond motifs is 2. The first-order valence-electron chi connectivity index (χ1n) is 11.1. The van der Waals surface area contributed by atoms with Gasteiger partial charge in [0.05, 0.1) is 18.0 Å². The molecule has 2 amide bonds. The van der Waals surface area contributed by atoms with Crippen LogP contribution in [0, 0.1) is 0 Å². The van der Waals surface area contributed by atoms with Gasteiger partial charge in [-0.3, -0.25) is 15.4 Å². The Bertz CT molecular complexity index is 1490. The molecule has 15 heteroatoms. The summed E-state index contributed by atoms with van der Waals surface area (Å²) in [6.07, 6.45) is 2.30. The van der Waals surface area contributed by atoms with E-state index in [2.05, 4.69) is 30.8 Å². The molecule has 0 aliphatic carbocycles. The molecule has 4 rings (SSSR count). The summed E-state index contributed by atoms with van der Waals surface area (Å²) in [5, 5.41) is 13.5. The molecular formula is C23H26Cl2N8O5. The van der Waals surface area contributed by atoms with Crippen molar-refractivity contribution in [2.24, 2.45) is 0 Å². The van der Waals surface area contributed by atoms with Gasteiger partial charge < -0.3 is 9.47 Å². The van der Waals surface area contributed by atoms with E-state index in [1.807, 2.05) is 0 Å². The van der Waals surface area contributed by atoms with Crippen LogP contribution in [0.25, 0.3) is 11.3 Å². The Balaban J connectivity index is 0.000000212. The summed E-state index contributed by atoms with van der Waals surface area (Å²) in [7, 11) is 0. The Morgan fingerprint density at radius 1 is 0.868 bits per heavy atom. The van der Waals surface area contributed by atoms with Gasteiger partial charge >= 0.3 is 12.2 Å². The van der Waals surface area contributed by atoms with Gasteiger partial charge in [-0.1, -0.05) is 23.2 Å². The van der Waals surface area contributed by atoms with Crippen molar-refractivity contribution in [1.82, 2.24) is 29.2 Å². The van der Waals surface area contributed by atoms with Gasteiger partial charge in [-0.2, -0.15) is 19.2 Å². The maximum atomic E-state index is 11.8. The SMILES string of the molecule is CC(C)(C)OC(=O)Nc1cc(Cl)nc2c(C=O)cnn12.CC(C)(C)OC(=O)Nc1cc(Cl)nc2ccnn12. The number of aldehydes is 1. The molecule has 0 radical (unpaired) electrons. The topological polar surface area (TPSA) is 154 Å². The number of nitrogens with zero attached hydrogens (tertiary/aromatic N) is 6. The molecule has 0 aliphatic rings. The van der Waals surface area contributed by atoms with E-state index < -0.39 is 23.4 Å². The highest BCUT2D eigenvalue weighted by molar-refractivity contribution is 6.30. The highest BCUT2D eigenvalue weighted by Gasteiger charge is 2.19. The predicted molar refractivity (Wildman–Crippen MR) is 141 cm³/mol. The van der Waals surface area contributed by atoms with Gasteiger partial charge in [0, 0.05) is 18.2 Å². The normalized spacial score (nSPS) is 11.5. The van der Waals surface area contributed by atoms with Crippen LogP contribution in [0.1, 0.15) is 51.9 Å². The zero-order chi connectivity index (χ0) is 28.3. The lowest BCUT2D eigenvalue weighted by molar-refractivity contribution is 0.0623. The summed E-state index contributed by atoms with van der Waals surface area (Å²) in [5.74, 6) is 0.673. The van der Waals surface area contributed by atoms with Gasteiger partial charge in [0.2, 0.25) is 0 Å². The second-order valence-corrected chi connectivity index (χ2v) is 10.5. The molecule has 2 N–H and O–H groups in total. The van der Waals surface area contributed by atoms with Crippen molar-refractivity contribution in [3.8, 4) is 0 Å². The van der Waals surface area contributed by atoms with Gasteiger partial charge in [-0.25, -0.2) is 19.6 Å². The van der Waals surface area contributed by atoms with Crippen molar-refractivity contribution >= 4 is 64.6 Å². The van der Waals surface area contributed by atoms with E-state index in [1.165, 1.54) is 27.4 Å². The minimum atomic E-state index is -0.649. The summed E-state index contributed by atoms with van der Waals surface area (Å²) in [6, 6.07) is 4.61. The number of amides is 2. The zero-order valence-electron chi connectivity index (χ0n) is 21.4. The van der Waals surface area contributed by atoms with Crippen molar-refractivity contribution in [1.29, 1.82) is 0 Å². The van der Waals surface area contributed by atoms with Crippen molar-refractivity contribution in [3.05, 3.63) is 46.5 Å². The van der Waals surface area contributed by atoms with E-state index in [-0.39, 0.29) is 27.3 Å². The second kappa shape index (κ2) is 11.2. The number of halogens is 2. The smallest absolute Gasteiger partial charge is 0.413 e. The quantitative estimate of drug-likeness (QED) is 0.250. The van der Waals surface area contributed by atoms with Crippen LogP contribution >= 0.6 is 23.2 Å². The predicted octanol–water partition coefficient (Wildman–Crippen LogP) is 5.27. The molecule has 4 aromatic rings. The number of carbonyl (C=O) groups excluding carboxylic acids is 3. The molecule has 4 heterocycles. The van der Waals surface area contributed by atoms with Crippen LogP contribution in [0.3, 0.4) is 0 Å². The van der Waals surface area contributed by atoms with Crippen molar-refractivity contribution in [2.75, 3.05) is 10.6 Å². The average molecular weight is 565 g/mol. The lowest BCUT2D eigenvalue weighted by Crippen LogP contribution is -2.28. The Kier molecular flexibility index (Phi) is 8.42. The monoisotopic (exact) mass is 564 g/mol. The summed E-state index contributed by atoms with van der Waals surface area (Å²) < 4.78 is 13.1. The number of aromatic nitrogens is 6. The molecule has 0 aliphatic heterocycles. The van der Waals surface area contributed by atoms with E-state index in [4.69, 9.17) is 32.7 Å². The molecular weight excluding hydrogens is 539 g/mol. The fourth-order valence-electron chi connectivity index (χ4n) is 2.91.